The number of methoxy groups -OCH3 is 1. The number of ether oxygens (including phenoxy) is 2. The molecule has 0 unspecified atom stereocenters. The number of nitrogens with zero attached hydrogens (tertiary/aromatic N) is 3. The average Bonchev–Trinajstić information content (AvgIpc) is 2.42. The largest absolute Gasteiger partial charge is 0.467 e. The van der Waals surface area contributed by atoms with Gasteiger partial charge in [-0.25, -0.2) is 0 Å². The van der Waals surface area contributed by atoms with Crippen LogP contribution in [-0.2, 0) is 0 Å². The molecule has 6 nitrogen and oxygen atoms in total. The second-order valence-corrected chi connectivity index (χ2v) is 4.33. The van der Waals surface area contributed by atoms with Gasteiger partial charge < -0.3 is 14.8 Å². The van der Waals surface area contributed by atoms with E-state index >= 15 is 0 Å². The number of hydrogen-bond donors (Lipinski definition) is 1. The second kappa shape index (κ2) is 6.18. The molecule has 1 aromatic carbocycles. The fourth-order valence-corrected chi connectivity index (χ4v) is 1.72. The van der Waals surface area contributed by atoms with Crippen LogP contribution in [0.3, 0.4) is 0 Å². The summed E-state index contributed by atoms with van der Waals surface area (Å²) in [6, 6.07) is 6.34. The minimum absolute atomic E-state index is 0.208. The predicted molar refractivity (Wildman–Crippen MR) is 76.5 cm³/mol. The van der Waals surface area contributed by atoms with Crippen LogP contribution in [0.5, 0.6) is 17.8 Å². The molecule has 2 rings (SSSR count). The first-order valence-electron chi connectivity index (χ1n) is 6.41. The number of aryl methyl sites for hydroxylation is 2. The van der Waals surface area contributed by atoms with Gasteiger partial charge in [-0.15, -0.1) is 4.98 Å². The van der Waals surface area contributed by atoms with E-state index in [0.29, 0.717) is 18.2 Å². The van der Waals surface area contributed by atoms with Gasteiger partial charge in [0.15, 0.2) is 0 Å². The number of anilines is 1. The third kappa shape index (κ3) is 3.34. The lowest BCUT2D eigenvalue weighted by Gasteiger charge is -2.09. The zero-order valence-corrected chi connectivity index (χ0v) is 12.1. The lowest BCUT2D eigenvalue weighted by Crippen LogP contribution is -2.06. The van der Waals surface area contributed by atoms with Crippen LogP contribution in [0.1, 0.15) is 18.1 Å². The van der Waals surface area contributed by atoms with Crippen LogP contribution in [-0.4, -0.2) is 28.6 Å². The van der Waals surface area contributed by atoms with Gasteiger partial charge in [0.05, 0.1) is 7.11 Å². The number of nitrogens with one attached hydrogen (secondary N) is 1. The van der Waals surface area contributed by atoms with Crippen molar-refractivity contribution in [3.8, 4) is 17.8 Å². The number of rotatable bonds is 5. The standard InChI is InChI=1S/C14H18N4O2/c1-5-15-12-16-13(19-4)18-14(17-12)20-11-7-6-9(2)8-10(11)3/h6-8H,5H2,1-4H3,(H,15,16,17,18). The first kappa shape index (κ1) is 14.0. The van der Waals surface area contributed by atoms with E-state index in [1.807, 2.05) is 39.0 Å². The topological polar surface area (TPSA) is 69.2 Å². The van der Waals surface area contributed by atoms with E-state index in [4.69, 9.17) is 9.47 Å². The molecule has 1 N–H and O–H groups in total. The highest BCUT2D eigenvalue weighted by molar-refractivity contribution is 5.38. The predicted octanol–water partition coefficient (Wildman–Crippen LogP) is 2.72. The summed E-state index contributed by atoms with van der Waals surface area (Å²) in [5, 5.41) is 3.01. The Balaban J connectivity index is 2.29. The van der Waals surface area contributed by atoms with Crippen LogP contribution in [0.4, 0.5) is 5.95 Å². The van der Waals surface area contributed by atoms with Gasteiger partial charge in [-0.1, -0.05) is 17.7 Å². The highest BCUT2D eigenvalue weighted by Crippen LogP contribution is 2.24. The van der Waals surface area contributed by atoms with Crippen molar-refractivity contribution in [2.24, 2.45) is 0 Å². The highest BCUT2D eigenvalue weighted by Gasteiger charge is 2.09. The number of benzene rings is 1. The van der Waals surface area contributed by atoms with Gasteiger partial charge in [0.1, 0.15) is 5.75 Å². The molecule has 20 heavy (non-hydrogen) atoms. The molecule has 1 aromatic heterocycles. The van der Waals surface area contributed by atoms with Gasteiger partial charge in [-0.2, -0.15) is 9.97 Å². The van der Waals surface area contributed by atoms with Crippen LogP contribution >= 0.6 is 0 Å². The van der Waals surface area contributed by atoms with Gasteiger partial charge in [0, 0.05) is 6.54 Å². The molecule has 106 valence electrons. The summed E-state index contributed by atoms with van der Waals surface area (Å²) in [4.78, 5) is 12.4. The molecule has 0 fully saturated rings. The first-order valence-corrected chi connectivity index (χ1v) is 6.41. The number of hydrogen-bond acceptors (Lipinski definition) is 6. The smallest absolute Gasteiger partial charge is 0.330 e. The second-order valence-electron chi connectivity index (χ2n) is 4.33. The van der Waals surface area contributed by atoms with E-state index in [1.54, 1.807) is 0 Å². The molecule has 0 atom stereocenters. The lowest BCUT2D eigenvalue weighted by atomic mass is 10.1. The van der Waals surface area contributed by atoms with Gasteiger partial charge in [0.25, 0.3) is 0 Å². The molecule has 0 bridgehead atoms. The Morgan fingerprint density at radius 3 is 2.50 bits per heavy atom. The van der Waals surface area contributed by atoms with Crippen LogP contribution in [0.25, 0.3) is 0 Å². The maximum Gasteiger partial charge on any atom is 0.330 e. The minimum atomic E-state index is 0.208. The average molecular weight is 274 g/mol. The van der Waals surface area contributed by atoms with Crippen molar-refractivity contribution in [3.05, 3.63) is 29.3 Å². The molecule has 0 aliphatic rings. The normalized spacial score (nSPS) is 10.2. The van der Waals surface area contributed by atoms with Crippen molar-refractivity contribution in [2.75, 3.05) is 19.0 Å². The Morgan fingerprint density at radius 2 is 1.85 bits per heavy atom. The molecule has 0 aliphatic carbocycles. The van der Waals surface area contributed by atoms with Gasteiger partial charge in [0.2, 0.25) is 5.95 Å². The molecular weight excluding hydrogens is 256 g/mol. The molecular formula is C14H18N4O2. The Morgan fingerprint density at radius 1 is 1.10 bits per heavy atom. The lowest BCUT2D eigenvalue weighted by molar-refractivity contribution is 0.359. The molecule has 6 heteroatoms. The van der Waals surface area contributed by atoms with Gasteiger partial charge >= 0.3 is 12.0 Å². The SMILES string of the molecule is CCNc1nc(OC)nc(Oc2ccc(C)cc2C)n1. The third-order valence-corrected chi connectivity index (χ3v) is 2.64. The summed E-state index contributed by atoms with van der Waals surface area (Å²) in [6.45, 7) is 6.68. The molecule has 2 aromatic rings. The third-order valence-electron chi connectivity index (χ3n) is 2.64. The summed E-state index contributed by atoms with van der Waals surface area (Å²) < 4.78 is 10.8. The van der Waals surface area contributed by atoms with E-state index in [9.17, 15) is 0 Å². The Labute approximate surface area is 118 Å². The highest BCUT2D eigenvalue weighted by atomic mass is 16.5. The summed E-state index contributed by atoms with van der Waals surface area (Å²) in [5.74, 6) is 1.14. The van der Waals surface area contributed by atoms with Crippen molar-refractivity contribution in [2.45, 2.75) is 20.8 Å². The quantitative estimate of drug-likeness (QED) is 0.904. The molecule has 0 saturated heterocycles. The van der Waals surface area contributed by atoms with Crippen molar-refractivity contribution in [1.29, 1.82) is 0 Å². The molecule has 0 spiro atoms. The van der Waals surface area contributed by atoms with Gasteiger partial charge in [-0.3, -0.25) is 0 Å². The van der Waals surface area contributed by atoms with E-state index in [2.05, 4.69) is 20.3 Å². The maximum absolute atomic E-state index is 5.71. The zero-order valence-electron chi connectivity index (χ0n) is 12.1. The Bertz CT molecular complexity index is 602. The van der Waals surface area contributed by atoms with Crippen LogP contribution in [0.15, 0.2) is 18.2 Å². The molecule has 0 radical (unpaired) electrons. The number of aromatic nitrogens is 3. The fourth-order valence-electron chi connectivity index (χ4n) is 1.72. The fraction of sp³-hybridized carbons (Fsp3) is 0.357. The summed E-state index contributed by atoms with van der Waals surface area (Å²) in [5.41, 5.74) is 2.20. The monoisotopic (exact) mass is 274 g/mol. The minimum Gasteiger partial charge on any atom is -0.467 e. The van der Waals surface area contributed by atoms with Crippen molar-refractivity contribution < 1.29 is 9.47 Å². The Hall–Kier alpha value is -2.37. The van der Waals surface area contributed by atoms with Crippen LogP contribution < -0.4 is 14.8 Å². The van der Waals surface area contributed by atoms with E-state index in [1.165, 1.54) is 12.7 Å². The van der Waals surface area contributed by atoms with Crippen LogP contribution in [0, 0.1) is 13.8 Å². The van der Waals surface area contributed by atoms with E-state index in [-0.39, 0.29) is 12.0 Å². The van der Waals surface area contributed by atoms with Gasteiger partial charge in [-0.05, 0) is 32.4 Å². The van der Waals surface area contributed by atoms with Crippen molar-refractivity contribution >= 4 is 5.95 Å². The summed E-state index contributed by atoms with van der Waals surface area (Å²) in [7, 11) is 1.51. The molecule has 1 heterocycles. The van der Waals surface area contributed by atoms with Crippen molar-refractivity contribution in [1.82, 2.24) is 15.0 Å². The molecule has 0 saturated carbocycles. The first-order chi connectivity index (χ1) is 9.62. The maximum atomic E-state index is 5.71. The van der Waals surface area contributed by atoms with E-state index < -0.39 is 0 Å². The van der Waals surface area contributed by atoms with Crippen LogP contribution in [0.2, 0.25) is 0 Å². The zero-order chi connectivity index (χ0) is 14.5. The molecule has 0 aliphatic heterocycles. The molecule has 0 amide bonds. The van der Waals surface area contributed by atoms with E-state index in [0.717, 1.165) is 5.56 Å². The summed E-state index contributed by atoms with van der Waals surface area (Å²) in [6.07, 6.45) is 0. The Kier molecular flexibility index (Phi) is 4.34. The van der Waals surface area contributed by atoms with Crippen molar-refractivity contribution in [3.63, 3.8) is 0 Å². The summed E-state index contributed by atoms with van der Waals surface area (Å²) >= 11 is 0.